The maximum absolute atomic E-state index is 10.6. The Morgan fingerprint density at radius 3 is 2.00 bits per heavy atom. The van der Waals surface area contributed by atoms with Crippen LogP contribution in [0.2, 0.25) is 5.21 Å². The van der Waals surface area contributed by atoms with Crippen LogP contribution in [0.25, 0.3) is 0 Å². The van der Waals surface area contributed by atoms with Gasteiger partial charge in [-0.15, -0.1) is 11.8 Å². The van der Waals surface area contributed by atoms with Crippen molar-refractivity contribution >= 4 is 49.1 Å². The van der Waals surface area contributed by atoms with Crippen LogP contribution in [0.3, 0.4) is 0 Å². The van der Waals surface area contributed by atoms with Crippen LogP contribution in [-0.4, -0.2) is 47.0 Å². The average molecular weight is 186 g/mol. The van der Waals surface area contributed by atoms with Gasteiger partial charge in [-0.1, -0.05) is 11.1 Å². The predicted octanol–water partition coefficient (Wildman–Crippen LogP) is -1.32. The second-order valence-electron chi connectivity index (χ2n) is 2.54. The molecule has 0 aliphatic heterocycles. The van der Waals surface area contributed by atoms with E-state index in [-0.39, 0.29) is 5.03 Å². The minimum atomic E-state index is -2.28. The number of carboxylic acid groups (broad SMARTS) is 1. The van der Waals surface area contributed by atoms with Crippen molar-refractivity contribution < 1.29 is 9.90 Å². The number of carboxylic acids is 1. The molecule has 0 saturated heterocycles. The van der Waals surface area contributed by atoms with Gasteiger partial charge in [0.2, 0.25) is 0 Å². The first-order valence-corrected chi connectivity index (χ1v) is 3.95. The highest BCUT2D eigenvalue weighted by molar-refractivity contribution is 8.06. The van der Waals surface area contributed by atoms with Gasteiger partial charge >= 0.3 is 0 Å². The summed E-state index contributed by atoms with van der Waals surface area (Å²) in [6.07, 6.45) is 0. The summed E-state index contributed by atoms with van der Waals surface area (Å²) in [5.74, 6) is -1.52. The van der Waals surface area contributed by atoms with Crippen LogP contribution in [0.1, 0.15) is 0 Å². The summed E-state index contributed by atoms with van der Waals surface area (Å²) < 4.78 is -1.91. The number of thioether (sulfide) groups is 1. The Morgan fingerprint density at radius 1 is 1.38 bits per heavy atom. The monoisotopic (exact) mass is 187 g/mol. The van der Waals surface area contributed by atoms with Crippen molar-refractivity contribution in [2.45, 2.75) is 9.76 Å². The van der Waals surface area contributed by atoms with Crippen LogP contribution in [0, 0.1) is 0 Å². The maximum atomic E-state index is 10.6. The van der Waals surface area contributed by atoms with Gasteiger partial charge in [0.15, 0.2) is 0 Å². The predicted molar refractivity (Wildman–Crippen MR) is 57.0 cm³/mol. The summed E-state index contributed by atoms with van der Waals surface area (Å²) in [5.41, 5.74) is 5.18. The zero-order chi connectivity index (χ0) is 10.9. The van der Waals surface area contributed by atoms with Crippen LogP contribution in [0.5, 0.6) is 0 Å². The Morgan fingerprint density at radius 2 is 1.77 bits per heavy atom. The first kappa shape index (κ1) is 12.6. The topological polar surface area (TPSA) is 63.3 Å². The molecule has 0 unspecified atom stereocenters. The lowest BCUT2D eigenvalue weighted by Gasteiger charge is -2.39. The normalized spacial score (nSPS) is 12.3. The molecule has 3 nitrogen and oxygen atoms in total. The van der Waals surface area contributed by atoms with Crippen LogP contribution in [0.15, 0.2) is 11.6 Å². The quantitative estimate of drug-likeness (QED) is 0.535. The lowest BCUT2D eigenvalue weighted by molar-refractivity contribution is -0.138. The van der Waals surface area contributed by atoms with E-state index in [1.807, 2.05) is 0 Å². The zero-order valence-electron chi connectivity index (χ0n) is 6.86. The number of hydrogen-bond acceptors (Lipinski definition) is 3. The highest BCUT2D eigenvalue weighted by Gasteiger charge is 2.41. The van der Waals surface area contributed by atoms with Crippen molar-refractivity contribution in [3.05, 3.63) is 11.6 Å². The van der Waals surface area contributed by atoms with Gasteiger partial charge in [-0.3, -0.25) is 4.79 Å². The van der Waals surface area contributed by atoms with Crippen molar-refractivity contribution in [2.24, 2.45) is 5.73 Å². The van der Waals surface area contributed by atoms with Crippen molar-refractivity contribution in [1.29, 1.82) is 0 Å². The van der Waals surface area contributed by atoms with Gasteiger partial charge in [-0.2, -0.15) is 0 Å². The fraction of sp³-hybridized carbons (Fsp3) is 0.400. The van der Waals surface area contributed by atoms with E-state index < -0.39 is 15.7 Å². The fourth-order valence-corrected chi connectivity index (χ4v) is 1.16. The summed E-state index contributed by atoms with van der Waals surface area (Å²) >= 11 is 0.600. The zero-order valence-corrected chi connectivity index (χ0v) is 7.67. The van der Waals surface area contributed by atoms with E-state index in [1.165, 1.54) is 0 Å². The summed E-state index contributed by atoms with van der Waals surface area (Å²) in [6.45, 7) is 3.29. The van der Waals surface area contributed by atoms with E-state index in [9.17, 15) is 4.79 Å². The molecule has 0 spiro atoms. The highest BCUT2D eigenvalue weighted by atomic mass is 32.2. The molecule has 8 heteroatoms. The number of hydrogen-bond donors (Lipinski definition) is 2. The van der Waals surface area contributed by atoms with Gasteiger partial charge in [0, 0.05) is 0 Å². The summed E-state index contributed by atoms with van der Waals surface area (Å²) in [6, 6.07) is 0. The van der Waals surface area contributed by atoms with Gasteiger partial charge in [0.25, 0.3) is 5.97 Å². The second-order valence-corrected chi connectivity index (χ2v) is 3.94. The van der Waals surface area contributed by atoms with E-state index in [2.05, 4.69) is 6.58 Å². The molecule has 0 atom stereocenters. The van der Waals surface area contributed by atoms with Crippen LogP contribution in [-0.2, 0) is 4.79 Å². The van der Waals surface area contributed by atoms with Gasteiger partial charge in [-0.05, 0) is 5.21 Å². The number of rotatable bonds is 4. The molecule has 0 amide bonds. The number of carbonyl (C=O) groups is 1. The van der Waals surface area contributed by atoms with Crippen molar-refractivity contribution in [2.75, 3.05) is 0 Å². The third-order valence-corrected chi connectivity index (χ3v) is 2.24. The van der Waals surface area contributed by atoms with Crippen LogP contribution in [0.4, 0.5) is 0 Å². The van der Waals surface area contributed by atoms with Gasteiger partial charge in [0.1, 0.15) is 0 Å². The fourth-order valence-electron chi connectivity index (χ4n) is 0.468. The highest BCUT2D eigenvalue weighted by Crippen LogP contribution is 2.40. The molecule has 0 rings (SSSR count). The molecule has 8 radical (unpaired) electrons. The van der Waals surface area contributed by atoms with Gasteiger partial charge < -0.3 is 10.8 Å². The minimum Gasteiger partial charge on any atom is -0.482 e. The molecule has 3 N–H and O–H groups in total. The Balaban J connectivity index is 4.80. The van der Waals surface area contributed by atoms with Gasteiger partial charge in [0.05, 0.1) is 36.4 Å². The molecule has 13 heavy (non-hydrogen) atoms. The van der Waals surface area contributed by atoms with E-state index in [0.29, 0.717) is 11.8 Å². The third kappa shape index (κ3) is 2.79. The molecule has 0 saturated carbocycles. The maximum Gasteiger partial charge on any atom is 0.292 e. The van der Waals surface area contributed by atoms with Gasteiger partial charge in [-0.25, -0.2) is 0 Å². The first-order valence-electron chi connectivity index (χ1n) is 3.13. The smallest absolute Gasteiger partial charge is 0.292 e. The molecule has 0 bridgehead atoms. The summed E-state index contributed by atoms with van der Waals surface area (Å²) in [4.78, 5) is 10.6. The molecule has 0 aliphatic rings. The standard InChI is InChI=1S/C5H5B4NO2S/c1-2(10)13-5(8,9)4(6,7)3(11)12/h1,10H2,(H,11,12). The first-order chi connectivity index (χ1) is 5.61. The van der Waals surface area contributed by atoms with Crippen molar-refractivity contribution in [3.63, 3.8) is 0 Å². The third-order valence-electron chi connectivity index (χ3n) is 1.30. The molecule has 0 heterocycles. The molecular weight excluding hydrogens is 181 g/mol. The molecule has 0 fully saturated rings. The van der Waals surface area contributed by atoms with E-state index in [0.717, 1.165) is 0 Å². The Kier molecular flexibility index (Phi) is 3.67. The minimum absolute atomic E-state index is 0.0338. The van der Waals surface area contributed by atoms with Crippen molar-refractivity contribution in [1.82, 2.24) is 0 Å². The molecule has 0 aromatic heterocycles. The largest absolute Gasteiger partial charge is 0.482 e. The van der Waals surface area contributed by atoms with Crippen LogP contribution >= 0.6 is 11.8 Å². The lowest BCUT2D eigenvalue weighted by Crippen LogP contribution is -2.47. The number of nitrogens with two attached hydrogens (primary N) is 1. The Bertz CT molecular complexity index is 243. The Labute approximate surface area is 86.5 Å². The summed E-state index contributed by atoms with van der Waals surface area (Å²) in [7, 11) is 21.1. The van der Waals surface area contributed by atoms with Crippen LogP contribution < -0.4 is 5.73 Å². The Hall–Kier alpha value is -0.380. The molecule has 60 valence electrons. The van der Waals surface area contributed by atoms with E-state index in [1.54, 1.807) is 0 Å². The van der Waals surface area contributed by atoms with E-state index in [4.69, 9.17) is 42.2 Å². The second kappa shape index (κ2) is 3.78. The van der Waals surface area contributed by atoms with E-state index >= 15 is 0 Å². The molecule has 0 aromatic rings. The molecule has 0 aromatic carbocycles. The van der Waals surface area contributed by atoms with Crippen molar-refractivity contribution in [3.8, 4) is 0 Å². The average Bonchev–Trinajstić information content (AvgIpc) is 1.83. The molecular formula is C5H5B4NO2S. The summed E-state index contributed by atoms with van der Waals surface area (Å²) in [5, 5.41) is 6.35. The SMILES string of the molecule is [B]C([B])(SC(=C)N)C([B])([B])C(=O)O. The molecule has 0 aliphatic carbocycles. The lowest BCUT2D eigenvalue weighted by atomic mass is 9.37. The number of aliphatic carboxylic acids is 1.